The molecule has 1 aliphatic heterocycles. The van der Waals surface area contributed by atoms with E-state index in [1.165, 1.54) is 0 Å². The molecule has 16 heavy (non-hydrogen) atoms. The van der Waals surface area contributed by atoms with Crippen molar-refractivity contribution < 1.29 is 4.79 Å². The van der Waals surface area contributed by atoms with E-state index in [0.717, 1.165) is 38.9 Å². The van der Waals surface area contributed by atoms with Gasteiger partial charge in [0.15, 0.2) is 0 Å². The Balaban J connectivity index is 0.00000225. The molecule has 3 nitrogen and oxygen atoms in total. The summed E-state index contributed by atoms with van der Waals surface area (Å²) in [5.74, 6) is 0.493. The van der Waals surface area contributed by atoms with Crippen LogP contribution >= 0.6 is 12.4 Å². The van der Waals surface area contributed by atoms with Crippen LogP contribution < -0.4 is 10.6 Å². The molecule has 1 fully saturated rings. The van der Waals surface area contributed by atoms with Crippen LogP contribution in [-0.2, 0) is 4.79 Å². The van der Waals surface area contributed by atoms with Gasteiger partial charge in [-0.25, -0.2) is 0 Å². The fourth-order valence-corrected chi connectivity index (χ4v) is 1.79. The second kappa shape index (κ2) is 7.13. The summed E-state index contributed by atoms with van der Waals surface area (Å²) >= 11 is 0. The lowest BCUT2D eigenvalue weighted by Crippen LogP contribution is -2.39. The van der Waals surface area contributed by atoms with Crippen molar-refractivity contribution in [2.45, 2.75) is 40.0 Å². The Labute approximate surface area is 105 Å². The molecule has 4 heteroatoms. The van der Waals surface area contributed by atoms with Crippen LogP contribution in [0.2, 0.25) is 0 Å². The summed E-state index contributed by atoms with van der Waals surface area (Å²) in [5, 5.41) is 6.31. The van der Waals surface area contributed by atoms with E-state index in [4.69, 9.17) is 0 Å². The lowest BCUT2D eigenvalue weighted by Gasteiger charge is -2.23. The van der Waals surface area contributed by atoms with Gasteiger partial charge in [0, 0.05) is 12.5 Å². The molecule has 0 radical (unpaired) electrons. The zero-order valence-corrected chi connectivity index (χ0v) is 11.5. The molecule has 2 N–H and O–H groups in total. The highest BCUT2D eigenvalue weighted by atomic mass is 35.5. The summed E-state index contributed by atoms with van der Waals surface area (Å²) < 4.78 is 0. The molecule has 0 spiro atoms. The first kappa shape index (κ1) is 15.7. The minimum atomic E-state index is 0. The highest BCUT2D eigenvalue weighted by molar-refractivity contribution is 5.85. The average Bonchev–Trinajstić information content (AvgIpc) is 2.17. The summed E-state index contributed by atoms with van der Waals surface area (Å²) in [6.45, 7) is 9.37. The Morgan fingerprint density at radius 1 is 1.31 bits per heavy atom. The van der Waals surface area contributed by atoms with Gasteiger partial charge in [0.25, 0.3) is 0 Å². The highest BCUT2D eigenvalue weighted by Crippen LogP contribution is 2.17. The van der Waals surface area contributed by atoms with E-state index >= 15 is 0 Å². The van der Waals surface area contributed by atoms with Gasteiger partial charge in [0.05, 0.1) is 0 Å². The van der Waals surface area contributed by atoms with Crippen molar-refractivity contribution in [3.63, 3.8) is 0 Å². The Bertz CT molecular complexity index is 208. The molecular weight excluding hydrogens is 224 g/mol. The van der Waals surface area contributed by atoms with Crippen molar-refractivity contribution in [3.8, 4) is 0 Å². The number of carbonyl (C=O) groups is 1. The van der Waals surface area contributed by atoms with Crippen LogP contribution in [0.1, 0.15) is 40.0 Å². The van der Waals surface area contributed by atoms with Crippen molar-refractivity contribution in [1.29, 1.82) is 0 Å². The van der Waals surface area contributed by atoms with Crippen LogP contribution in [0, 0.1) is 11.3 Å². The molecule has 0 unspecified atom stereocenters. The first-order chi connectivity index (χ1) is 6.99. The molecular formula is C12H25ClN2O. The summed E-state index contributed by atoms with van der Waals surface area (Å²) in [6, 6.07) is 0. The van der Waals surface area contributed by atoms with Gasteiger partial charge in [-0.1, -0.05) is 20.8 Å². The van der Waals surface area contributed by atoms with Crippen LogP contribution in [-0.4, -0.2) is 25.5 Å². The SMILES string of the molecule is CC(C)(C)CCNC(=O)C1CCNCC1.Cl. The maximum Gasteiger partial charge on any atom is 0.223 e. The number of hydrogen-bond donors (Lipinski definition) is 2. The van der Waals surface area contributed by atoms with E-state index in [-0.39, 0.29) is 24.2 Å². The van der Waals surface area contributed by atoms with Crippen LogP contribution in [0.15, 0.2) is 0 Å². The predicted octanol–water partition coefficient (Wildman–Crippen LogP) is 1.96. The average molecular weight is 249 g/mol. The summed E-state index contributed by atoms with van der Waals surface area (Å²) in [6.07, 6.45) is 3.02. The number of amides is 1. The van der Waals surface area contributed by atoms with Crippen LogP contribution in [0.3, 0.4) is 0 Å². The maximum absolute atomic E-state index is 11.7. The molecule has 0 saturated carbocycles. The standard InChI is InChI=1S/C12H24N2O.ClH/c1-12(2,3)6-9-14-11(15)10-4-7-13-8-5-10;/h10,13H,4-9H2,1-3H3,(H,14,15);1H. The number of hydrogen-bond acceptors (Lipinski definition) is 2. The minimum absolute atomic E-state index is 0. The fraction of sp³-hybridized carbons (Fsp3) is 0.917. The van der Waals surface area contributed by atoms with Crippen molar-refractivity contribution in [3.05, 3.63) is 0 Å². The number of nitrogens with one attached hydrogen (secondary N) is 2. The molecule has 0 atom stereocenters. The molecule has 1 amide bonds. The van der Waals surface area contributed by atoms with Crippen molar-refractivity contribution in [1.82, 2.24) is 10.6 Å². The molecule has 0 aromatic carbocycles. The van der Waals surface area contributed by atoms with E-state index < -0.39 is 0 Å². The van der Waals surface area contributed by atoms with Crippen molar-refractivity contribution in [2.24, 2.45) is 11.3 Å². The molecule has 0 aromatic rings. The van der Waals surface area contributed by atoms with Gasteiger partial charge in [-0.3, -0.25) is 4.79 Å². The Hall–Kier alpha value is -0.280. The van der Waals surface area contributed by atoms with Gasteiger partial charge >= 0.3 is 0 Å². The fourth-order valence-electron chi connectivity index (χ4n) is 1.79. The molecule has 1 rings (SSSR count). The normalized spacial score (nSPS) is 17.7. The topological polar surface area (TPSA) is 41.1 Å². The van der Waals surface area contributed by atoms with Crippen molar-refractivity contribution in [2.75, 3.05) is 19.6 Å². The number of halogens is 1. The largest absolute Gasteiger partial charge is 0.356 e. The van der Waals surface area contributed by atoms with E-state index in [9.17, 15) is 4.79 Å². The Morgan fingerprint density at radius 3 is 2.38 bits per heavy atom. The zero-order valence-electron chi connectivity index (χ0n) is 10.6. The lowest BCUT2D eigenvalue weighted by atomic mass is 9.92. The quantitative estimate of drug-likeness (QED) is 0.802. The van der Waals surface area contributed by atoms with Gasteiger partial charge in [-0.05, 0) is 37.8 Å². The van der Waals surface area contributed by atoms with Crippen molar-refractivity contribution >= 4 is 18.3 Å². The third-order valence-electron chi connectivity index (χ3n) is 2.88. The Morgan fingerprint density at radius 2 is 1.88 bits per heavy atom. The number of rotatable bonds is 3. The Kier molecular flexibility index (Phi) is 7.00. The smallest absolute Gasteiger partial charge is 0.223 e. The number of carbonyl (C=O) groups excluding carboxylic acids is 1. The molecule has 1 saturated heterocycles. The first-order valence-electron chi connectivity index (χ1n) is 5.97. The highest BCUT2D eigenvalue weighted by Gasteiger charge is 2.20. The maximum atomic E-state index is 11.7. The van der Waals surface area contributed by atoms with E-state index in [1.807, 2.05) is 0 Å². The number of piperidine rings is 1. The summed E-state index contributed by atoms with van der Waals surface area (Å²) in [7, 11) is 0. The lowest BCUT2D eigenvalue weighted by molar-refractivity contribution is -0.125. The molecule has 0 bridgehead atoms. The third kappa shape index (κ3) is 6.33. The van der Waals surface area contributed by atoms with Gasteiger partial charge in [0.2, 0.25) is 5.91 Å². The molecule has 0 aromatic heterocycles. The van der Waals surface area contributed by atoms with Gasteiger partial charge < -0.3 is 10.6 Å². The second-order valence-corrected chi connectivity index (χ2v) is 5.63. The van der Waals surface area contributed by atoms with Gasteiger partial charge in [-0.2, -0.15) is 0 Å². The van der Waals surface area contributed by atoms with Crippen LogP contribution in [0.4, 0.5) is 0 Å². The predicted molar refractivity (Wildman–Crippen MR) is 69.9 cm³/mol. The van der Waals surface area contributed by atoms with Gasteiger partial charge in [-0.15, -0.1) is 12.4 Å². The van der Waals surface area contributed by atoms with Crippen LogP contribution in [0.25, 0.3) is 0 Å². The zero-order chi connectivity index (χ0) is 11.3. The van der Waals surface area contributed by atoms with E-state index in [1.54, 1.807) is 0 Å². The molecule has 0 aliphatic carbocycles. The minimum Gasteiger partial charge on any atom is -0.356 e. The molecule has 1 aliphatic rings. The third-order valence-corrected chi connectivity index (χ3v) is 2.88. The summed E-state index contributed by atoms with van der Waals surface area (Å²) in [4.78, 5) is 11.7. The summed E-state index contributed by atoms with van der Waals surface area (Å²) in [5.41, 5.74) is 0.307. The van der Waals surface area contributed by atoms with Gasteiger partial charge in [0.1, 0.15) is 0 Å². The monoisotopic (exact) mass is 248 g/mol. The first-order valence-corrected chi connectivity index (χ1v) is 5.97. The second-order valence-electron chi connectivity index (χ2n) is 5.63. The van der Waals surface area contributed by atoms with Crippen LogP contribution in [0.5, 0.6) is 0 Å². The molecule has 96 valence electrons. The molecule has 1 heterocycles. The van der Waals surface area contributed by atoms with E-state index in [2.05, 4.69) is 31.4 Å². The van der Waals surface area contributed by atoms with E-state index in [0.29, 0.717) is 5.41 Å².